The monoisotopic (exact) mass is 444 g/mol. The van der Waals surface area contributed by atoms with Gasteiger partial charge in [0.05, 0.1) is 0 Å². The van der Waals surface area contributed by atoms with Gasteiger partial charge in [0.2, 0.25) is 0 Å². The normalized spacial score (nSPS) is 10.9. The van der Waals surface area contributed by atoms with E-state index in [1.165, 1.54) is 0 Å². The van der Waals surface area contributed by atoms with E-state index in [0.29, 0.717) is 17.9 Å². The van der Waals surface area contributed by atoms with Crippen molar-refractivity contribution in [2.24, 2.45) is 0 Å². The highest BCUT2D eigenvalue weighted by Crippen LogP contribution is 2.23. The fraction of sp³-hybridized carbons (Fsp3) is 0.318. The lowest BCUT2D eigenvalue weighted by Gasteiger charge is -2.17. The number of nitrogens with zero attached hydrogens (tertiary/aromatic N) is 2. The zero-order chi connectivity index (χ0) is 21.3. The summed E-state index contributed by atoms with van der Waals surface area (Å²) in [6.07, 6.45) is 7.53. The van der Waals surface area contributed by atoms with Gasteiger partial charge in [-0.25, -0.2) is 0 Å². The molecule has 0 fully saturated rings. The van der Waals surface area contributed by atoms with Crippen LogP contribution in [-0.4, -0.2) is 24.3 Å². The molecular weight excluding hydrogens is 420 g/mol. The summed E-state index contributed by atoms with van der Waals surface area (Å²) in [5, 5.41) is 6.85. The molecule has 6 nitrogen and oxygen atoms in total. The van der Waals surface area contributed by atoms with Crippen molar-refractivity contribution in [2.45, 2.75) is 25.7 Å². The van der Waals surface area contributed by atoms with E-state index in [1.54, 1.807) is 36.5 Å². The molecule has 2 N–H and O–H groups in total. The van der Waals surface area contributed by atoms with Crippen LogP contribution in [0.3, 0.4) is 0 Å². The Kier molecular flexibility index (Phi) is 8.16. The molecule has 0 aliphatic heterocycles. The van der Waals surface area contributed by atoms with E-state index in [-0.39, 0.29) is 0 Å². The highest BCUT2D eigenvalue weighted by atomic mass is 35.5. The van der Waals surface area contributed by atoms with Gasteiger partial charge in [-0.15, -0.1) is 0 Å². The Morgan fingerprint density at radius 1 is 0.933 bits per heavy atom. The van der Waals surface area contributed by atoms with Crippen LogP contribution >= 0.6 is 23.5 Å². The van der Waals surface area contributed by atoms with Crippen molar-refractivity contribution in [1.29, 1.82) is 0 Å². The van der Waals surface area contributed by atoms with Gasteiger partial charge in [0.25, 0.3) is 10.9 Å². The number of pyridine rings is 1. The van der Waals surface area contributed by atoms with Crippen LogP contribution in [0.2, 0.25) is 5.02 Å². The lowest BCUT2D eigenvalue weighted by Crippen LogP contribution is -2.36. The largest absolute Gasteiger partial charge is 0.380 e. The molecule has 3 aromatic rings. The van der Waals surface area contributed by atoms with E-state index < -0.39 is 10.9 Å². The third-order valence-corrected chi connectivity index (χ3v) is 6.03. The quantitative estimate of drug-likeness (QED) is 0.235. The van der Waals surface area contributed by atoms with E-state index in [9.17, 15) is 9.59 Å². The maximum atomic E-state index is 11.8. The first-order valence-corrected chi connectivity index (χ1v) is 11.2. The molecule has 0 saturated carbocycles. The Hall–Kier alpha value is -2.51. The van der Waals surface area contributed by atoms with Crippen LogP contribution in [0.1, 0.15) is 25.7 Å². The highest BCUT2D eigenvalue weighted by Gasteiger charge is 2.20. The van der Waals surface area contributed by atoms with E-state index in [1.807, 2.05) is 24.3 Å². The average Bonchev–Trinajstić information content (AvgIpc) is 2.77. The van der Waals surface area contributed by atoms with Crippen molar-refractivity contribution in [2.75, 3.05) is 34.3 Å². The van der Waals surface area contributed by atoms with Gasteiger partial charge in [-0.1, -0.05) is 36.4 Å². The Bertz CT molecular complexity index is 1000. The van der Waals surface area contributed by atoms with Gasteiger partial charge in [-0.3, -0.25) is 14.6 Å². The summed E-state index contributed by atoms with van der Waals surface area (Å²) in [6.45, 7) is 0.674. The zero-order valence-corrected chi connectivity index (χ0v) is 18.4. The molecule has 0 atom stereocenters. The van der Waals surface area contributed by atoms with Crippen molar-refractivity contribution in [1.82, 2.24) is 4.98 Å². The molecule has 8 heteroatoms. The Morgan fingerprint density at radius 2 is 1.60 bits per heavy atom. The summed E-state index contributed by atoms with van der Waals surface area (Å²) in [6, 6.07) is 11.3. The summed E-state index contributed by atoms with van der Waals surface area (Å²) in [5.41, 5.74) is 1.67. The molecule has 0 saturated heterocycles. The SMILES string of the molecule is CN(SCCCCCCNc1c(Nc2ccncc2)c(=O)c1=O)c1ccc(Cl)cc1. The number of halogens is 1. The zero-order valence-electron chi connectivity index (χ0n) is 16.9. The van der Waals surface area contributed by atoms with E-state index in [0.717, 1.165) is 47.8 Å². The van der Waals surface area contributed by atoms with Gasteiger partial charge >= 0.3 is 0 Å². The first-order valence-electron chi connectivity index (χ1n) is 9.92. The number of hydrogen-bond donors (Lipinski definition) is 2. The molecular formula is C22H25ClN4O2S. The summed E-state index contributed by atoms with van der Waals surface area (Å²) in [5.74, 6) is 1.05. The van der Waals surface area contributed by atoms with Gasteiger partial charge in [-0.05, 0) is 49.2 Å². The van der Waals surface area contributed by atoms with Crippen LogP contribution in [0.15, 0.2) is 58.4 Å². The summed E-state index contributed by atoms with van der Waals surface area (Å²) >= 11 is 7.71. The minimum atomic E-state index is -0.476. The lowest BCUT2D eigenvalue weighted by atomic mass is 10.1. The van der Waals surface area contributed by atoms with Crippen molar-refractivity contribution >= 4 is 46.3 Å². The first kappa shape index (κ1) is 22.2. The Labute approximate surface area is 185 Å². The minimum absolute atomic E-state index is 0.341. The number of aromatic nitrogens is 1. The van der Waals surface area contributed by atoms with Gasteiger partial charge in [0.1, 0.15) is 11.4 Å². The summed E-state index contributed by atoms with van der Waals surface area (Å²) in [4.78, 5) is 27.6. The van der Waals surface area contributed by atoms with Crippen LogP contribution in [0.25, 0.3) is 0 Å². The van der Waals surface area contributed by atoms with E-state index >= 15 is 0 Å². The van der Waals surface area contributed by atoms with Gasteiger partial charge in [0, 0.05) is 48.1 Å². The number of rotatable bonds is 12. The fourth-order valence-corrected chi connectivity index (χ4v) is 3.98. The standard InChI is InChI=1S/C22H25ClN4O2S/c1-27(18-8-6-16(23)7-9-18)30-15-5-3-2-4-12-25-19-20(22(29)21(19)28)26-17-10-13-24-14-11-17/h6-11,13-14,25H,2-5,12,15H2,1H3,(H,24,26). The predicted octanol–water partition coefficient (Wildman–Crippen LogP) is 4.83. The molecule has 30 heavy (non-hydrogen) atoms. The van der Waals surface area contributed by atoms with Crippen LogP contribution in [0.4, 0.5) is 22.7 Å². The predicted molar refractivity (Wildman–Crippen MR) is 128 cm³/mol. The molecule has 0 aliphatic rings. The Morgan fingerprint density at radius 3 is 2.33 bits per heavy atom. The fourth-order valence-electron chi connectivity index (χ4n) is 2.98. The molecule has 1 aromatic heterocycles. The number of nitrogens with one attached hydrogen (secondary N) is 2. The minimum Gasteiger partial charge on any atom is -0.380 e. The molecule has 158 valence electrons. The van der Waals surface area contributed by atoms with Crippen molar-refractivity contribution < 1.29 is 0 Å². The van der Waals surface area contributed by atoms with Crippen LogP contribution in [0.5, 0.6) is 0 Å². The second-order valence-corrected chi connectivity index (χ2v) is 8.57. The topological polar surface area (TPSA) is 74.3 Å². The van der Waals surface area contributed by atoms with Gasteiger partial charge < -0.3 is 14.9 Å². The third-order valence-electron chi connectivity index (χ3n) is 4.71. The number of anilines is 4. The molecule has 0 radical (unpaired) electrons. The highest BCUT2D eigenvalue weighted by molar-refractivity contribution is 8.00. The van der Waals surface area contributed by atoms with Crippen LogP contribution < -0.4 is 25.8 Å². The first-order chi connectivity index (χ1) is 14.6. The molecule has 0 bridgehead atoms. The molecule has 0 amide bonds. The van der Waals surface area contributed by atoms with Crippen LogP contribution in [-0.2, 0) is 0 Å². The van der Waals surface area contributed by atoms with E-state index in [2.05, 4.69) is 27.0 Å². The molecule has 1 heterocycles. The average molecular weight is 445 g/mol. The number of unbranched alkanes of at least 4 members (excludes halogenated alkanes) is 3. The second kappa shape index (κ2) is 11.0. The summed E-state index contributed by atoms with van der Waals surface area (Å²) in [7, 11) is 2.06. The molecule has 0 unspecified atom stereocenters. The van der Waals surface area contributed by atoms with Crippen molar-refractivity contribution in [3.05, 3.63) is 74.3 Å². The molecule has 3 rings (SSSR count). The van der Waals surface area contributed by atoms with Crippen molar-refractivity contribution in [3.8, 4) is 0 Å². The van der Waals surface area contributed by atoms with Crippen molar-refractivity contribution in [3.63, 3.8) is 0 Å². The molecule has 2 aromatic carbocycles. The maximum absolute atomic E-state index is 11.8. The lowest BCUT2D eigenvalue weighted by molar-refractivity contribution is 0.688. The third kappa shape index (κ3) is 6.00. The number of hydrogen-bond acceptors (Lipinski definition) is 7. The maximum Gasteiger partial charge on any atom is 0.253 e. The Balaban J connectivity index is 1.31. The second-order valence-electron chi connectivity index (χ2n) is 6.92. The smallest absolute Gasteiger partial charge is 0.253 e. The van der Waals surface area contributed by atoms with Gasteiger partial charge in [0.15, 0.2) is 0 Å². The van der Waals surface area contributed by atoms with E-state index in [4.69, 9.17) is 11.6 Å². The molecule has 0 aliphatic carbocycles. The molecule has 0 spiro atoms. The number of benzene rings is 1. The van der Waals surface area contributed by atoms with Crippen LogP contribution in [0, 0.1) is 0 Å². The van der Waals surface area contributed by atoms with Gasteiger partial charge in [-0.2, -0.15) is 0 Å². The summed E-state index contributed by atoms with van der Waals surface area (Å²) < 4.78 is 2.15.